The van der Waals surface area contributed by atoms with E-state index in [9.17, 15) is 4.79 Å². The third kappa shape index (κ3) is 1.76. The maximum Gasteiger partial charge on any atom is 0.248 e. The molecule has 0 saturated heterocycles. The zero-order valence-corrected chi connectivity index (χ0v) is 11.1. The predicted octanol–water partition coefficient (Wildman–Crippen LogP) is 2.12. The van der Waals surface area contributed by atoms with Gasteiger partial charge in [0, 0.05) is 12.3 Å². The van der Waals surface area contributed by atoms with Crippen LogP contribution in [0.3, 0.4) is 0 Å². The van der Waals surface area contributed by atoms with E-state index in [0.29, 0.717) is 17.1 Å². The summed E-state index contributed by atoms with van der Waals surface area (Å²) in [5.41, 5.74) is 1.98. The number of amides is 1. The number of nitrogens with one attached hydrogen (secondary N) is 1. The molecule has 1 unspecified atom stereocenters. The van der Waals surface area contributed by atoms with Gasteiger partial charge in [0.25, 0.3) is 0 Å². The Balaban J connectivity index is 2.31. The first-order valence-electron chi connectivity index (χ1n) is 5.71. The highest BCUT2D eigenvalue weighted by molar-refractivity contribution is 6.33. The van der Waals surface area contributed by atoms with Crippen LogP contribution < -0.4 is 10.1 Å². The molecule has 7 heteroatoms. The van der Waals surface area contributed by atoms with Gasteiger partial charge in [0.2, 0.25) is 11.8 Å². The van der Waals surface area contributed by atoms with Crippen LogP contribution in [0.25, 0.3) is 11.3 Å². The Hall–Kier alpha value is -2.08. The summed E-state index contributed by atoms with van der Waals surface area (Å²) in [6.45, 7) is 1.77. The average molecular weight is 279 g/mol. The molecular weight excluding hydrogens is 268 g/mol. The van der Waals surface area contributed by atoms with E-state index in [2.05, 4.69) is 15.4 Å². The molecule has 0 radical (unpaired) electrons. The lowest BCUT2D eigenvalue weighted by atomic mass is 10.1. The molecule has 3 heterocycles. The average Bonchev–Trinajstić information content (AvgIpc) is 2.82. The van der Waals surface area contributed by atoms with Crippen molar-refractivity contribution in [2.75, 3.05) is 12.4 Å². The standard InChI is InChI=1S/C12H11ClN4O2/c1-6-12(18)15-7-5-9(19-2)16-11(13)10(7)8-3-4-14-17(6)8/h3-6H,1-2H3,(H,15,18). The lowest BCUT2D eigenvalue weighted by molar-refractivity contribution is -0.118. The van der Waals surface area contributed by atoms with Gasteiger partial charge >= 0.3 is 0 Å². The Morgan fingerprint density at radius 1 is 1.53 bits per heavy atom. The second kappa shape index (κ2) is 4.24. The minimum Gasteiger partial charge on any atom is -0.481 e. The van der Waals surface area contributed by atoms with E-state index in [1.165, 1.54) is 7.11 Å². The van der Waals surface area contributed by atoms with E-state index in [0.717, 1.165) is 5.69 Å². The lowest BCUT2D eigenvalue weighted by Gasteiger charge is -2.09. The van der Waals surface area contributed by atoms with Crippen LogP contribution in [0.5, 0.6) is 5.88 Å². The number of halogens is 1. The number of carbonyl (C=O) groups excluding carboxylic acids is 1. The van der Waals surface area contributed by atoms with Crippen LogP contribution in [0.15, 0.2) is 18.3 Å². The normalized spacial score (nSPS) is 17.2. The number of methoxy groups -OCH3 is 1. The SMILES string of the molecule is COc1cc2c(c(Cl)n1)-c1ccnn1C(C)C(=O)N2. The molecule has 1 amide bonds. The van der Waals surface area contributed by atoms with E-state index in [1.807, 2.05) is 0 Å². The van der Waals surface area contributed by atoms with Gasteiger partial charge in [-0.1, -0.05) is 11.6 Å². The largest absolute Gasteiger partial charge is 0.481 e. The number of ether oxygens (including phenoxy) is 1. The fourth-order valence-electron chi connectivity index (χ4n) is 2.11. The summed E-state index contributed by atoms with van der Waals surface area (Å²) >= 11 is 6.20. The Morgan fingerprint density at radius 3 is 3.05 bits per heavy atom. The summed E-state index contributed by atoms with van der Waals surface area (Å²) in [5.74, 6) is 0.192. The second-order valence-electron chi connectivity index (χ2n) is 4.20. The van der Waals surface area contributed by atoms with Gasteiger partial charge in [-0.2, -0.15) is 5.10 Å². The van der Waals surface area contributed by atoms with Crippen molar-refractivity contribution in [1.29, 1.82) is 0 Å². The van der Waals surface area contributed by atoms with Gasteiger partial charge in [-0.3, -0.25) is 9.48 Å². The third-order valence-electron chi connectivity index (χ3n) is 3.09. The topological polar surface area (TPSA) is 69.0 Å². The van der Waals surface area contributed by atoms with Crippen LogP contribution in [0.1, 0.15) is 13.0 Å². The van der Waals surface area contributed by atoms with Crippen molar-refractivity contribution in [3.8, 4) is 17.1 Å². The van der Waals surface area contributed by atoms with Crippen molar-refractivity contribution < 1.29 is 9.53 Å². The number of anilines is 1. The van der Waals surface area contributed by atoms with Crippen LogP contribution in [0, 0.1) is 0 Å². The molecule has 98 valence electrons. The molecule has 2 aromatic heterocycles. The van der Waals surface area contributed by atoms with Gasteiger partial charge < -0.3 is 10.1 Å². The number of hydrogen-bond acceptors (Lipinski definition) is 4. The number of fused-ring (bicyclic) bond motifs is 3. The number of nitrogens with zero attached hydrogens (tertiary/aromatic N) is 3. The minimum absolute atomic E-state index is 0.159. The van der Waals surface area contributed by atoms with Gasteiger partial charge in [-0.15, -0.1) is 0 Å². The fraction of sp³-hybridized carbons (Fsp3) is 0.250. The van der Waals surface area contributed by atoms with Crippen molar-refractivity contribution in [3.63, 3.8) is 0 Å². The second-order valence-corrected chi connectivity index (χ2v) is 4.56. The van der Waals surface area contributed by atoms with Gasteiger partial charge in [0.1, 0.15) is 11.2 Å². The molecule has 3 rings (SSSR count). The van der Waals surface area contributed by atoms with E-state index in [1.54, 1.807) is 29.9 Å². The highest BCUT2D eigenvalue weighted by atomic mass is 35.5. The predicted molar refractivity (Wildman–Crippen MR) is 70.4 cm³/mol. The van der Waals surface area contributed by atoms with Crippen LogP contribution >= 0.6 is 11.6 Å². The highest BCUT2D eigenvalue weighted by Crippen LogP contribution is 2.39. The molecule has 0 aliphatic carbocycles. The number of pyridine rings is 1. The summed E-state index contributed by atoms with van der Waals surface area (Å²) in [7, 11) is 1.50. The first-order chi connectivity index (χ1) is 9.11. The zero-order valence-electron chi connectivity index (χ0n) is 10.3. The minimum atomic E-state index is -0.417. The number of rotatable bonds is 1. The number of hydrogen-bond donors (Lipinski definition) is 1. The summed E-state index contributed by atoms with van der Waals surface area (Å²) in [6.07, 6.45) is 1.63. The monoisotopic (exact) mass is 278 g/mol. The lowest BCUT2D eigenvalue weighted by Crippen LogP contribution is -2.22. The van der Waals surface area contributed by atoms with Crippen LogP contribution in [0.4, 0.5) is 5.69 Å². The maximum atomic E-state index is 12.1. The van der Waals surface area contributed by atoms with Gasteiger partial charge in [0.15, 0.2) is 0 Å². The molecule has 0 spiro atoms. The number of carbonyl (C=O) groups is 1. The molecule has 19 heavy (non-hydrogen) atoms. The van der Waals surface area contributed by atoms with Gasteiger partial charge in [-0.25, -0.2) is 4.98 Å². The molecular formula is C12H11ClN4O2. The zero-order chi connectivity index (χ0) is 13.6. The molecule has 0 fully saturated rings. The Kier molecular flexibility index (Phi) is 2.67. The molecule has 1 atom stereocenters. The summed E-state index contributed by atoms with van der Waals surface area (Å²) in [4.78, 5) is 16.2. The molecule has 1 aliphatic heterocycles. The van der Waals surface area contributed by atoms with E-state index < -0.39 is 6.04 Å². The van der Waals surface area contributed by atoms with E-state index in [4.69, 9.17) is 16.3 Å². The fourth-order valence-corrected chi connectivity index (χ4v) is 2.39. The van der Waals surface area contributed by atoms with Gasteiger partial charge in [0.05, 0.1) is 24.1 Å². The molecule has 1 aliphatic rings. The molecule has 0 bridgehead atoms. The van der Waals surface area contributed by atoms with E-state index in [-0.39, 0.29) is 11.1 Å². The van der Waals surface area contributed by atoms with Crippen molar-refractivity contribution in [1.82, 2.24) is 14.8 Å². The number of aromatic nitrogens is 3. The molecule has 0 saturated carbocycles. The van der Waals surface area contributed by atoms with Gasteiger partial charge in [-0.05, 0) is 13.0 Å². The highest BCUT2D eigenvalue weighted by Gasteiger charge is 2.28. The Morgan fingerprint density at radius 2 is 2.32 bits per heavy atom. The van der Waals surface area contributed by atoms with Crippen molar-refractivity contribution in [3.05, 3.63) is 23.5 Å². The summed E-state index contributed by atoms with van der Waals surface area (Å²) < 4.78 is 6.69. The molecule has 6 nitrogen and oxygen atoms in total. The Bertz CT molecular complexity index is 668. The van der Waals surface area contributed by atoms with Crippen LogP contribution in [-0.2, 0) is 4.79 Å². The summed E-state index contributed by atoms with van der Waals surface area (Å²) in [6, 6.07) is 3.03. The summed E-state index contributed by atoms with van der Waals surface area (Å²) in [5, 5.41) is 7.25. The quantitative estimate of drug-likeness (QED) is 0.811. The van der Waals surface area contributed by atoms with Crippen LogP contribution in [-0.4, -0.2) is 27.8 Å². The molecule has 1 N–H and O–H groups in total. The first kappa shape index (κ1) is 12.0. The maximum absolute atomic E-state index is 12.1. The molecule has 0 aromatic carbocycles. The van der Waals surface area contributed by atoms with E-state index >= 15 is 0 Å². The molecule has 2 aromatic rings. The van der Waals surface area contributed by atoms with Crippen LogP contribution in [0.2, 0.25) is 5.15 Å². The smallest absolute Gasteiger partial charge is 0.248 e. The first-order valence-corrected chi connectivity index (χ1v) is 6.09. The van der Waals surface area contributed by atoms with Crippen molar-refractivity contribution in [2.24, 2.45) is 0 Å². The Labute approximate surface area is 114 Å². The third-order valence-corrected chi connectivity index (χ3v) is 3.37. The van der Waals surface area contributed by atoms with Crippen molar-refractivity contribution in [2.45, 2.75) is 13.0 Å². The van der Waals surface area contributed by atoms with Crippen molar-refractivity contribution >= 4 is 23.2 Å².